The molecular weight excluding hydrogens is 166 g/mol. The molecule has 0 aromatic heterocycles. The Morgan fingerprint density at radius 1 is 1.64 bits per heavy atom. The fourth-order valence-electron chi connectivity index (χ4n) is 0.337. The van der Waals surface area contributed by atoms with Gasteiger partial charge in [-0.3, -0.25) is 5.41 Å². The highest BCUT2D eigenvalue weighted by atomic mass is 35.5. The van der Waals surface area contributed by atoms with Crippen LogP contribution < -0.4 is 16.8 Å². The lowest BCUT2D eigenvalue weighted by atomic mass is 10.6. The van der Waals surface area contributed by atoms with Crippen LogP contribution in [0.1, 0.15) is 0 Å². The molecular formula is C5H12ClN5. The van der Waals surface area contributed by atoms with E-state index >= 15 is 0 Å². The van der Waals surface area contributed by atoms with Gasteiger partial charge in [0, 0.05) is 6.54 Å². The van der Waals surface area contributed by atoms with Gasteiger partial charge in [-0.25, -0.2) is 0 Å². The molecule has 0 aromatic carbocycles. The largest absolute Gasteiger partial charge is 0.370 e. The van der Waals surface area contributed by atoms with Crippen LogP contribution in [0.5, 0.6) is 0 Å². The third kappa shape index (κ3) is 8.77. The van der Waals surface area contributed by atoms with E-state index in [1.54, 1.807) is 6.08 Å². The summed E-state index contributed by atoms with van der Waals surface area (Å²) in [6, 6.07) is 0. The number of nitrogens with one attached hydrogen (secondary N) is 2. The molecule has 0 spiro atoms. The van der Waals surface area contributed by atoms with Gasteiger partial charge in [0.2, 0.25) is 5.96 Å². The van der Waals surface area contributed by atoms with E-state index < -0.39 is 0 Å². The lowest BCUT2D eigenvalue weighted by Gasteiger charge is -1.97. The molecule has 0 amide bonds. The summed E-state index contributed by atoms with van der Waals surface area (Å²) in [4.78, 5) is 3.41. The van der Waals surface area contributed by atoms with Crippen LogP contribution in [0, 0.1) is 5.41 Å². The maximum atomic E-state index is 7.02. The lowest BCUT2D eigenvalue weighted by molar-refractivity contribution is 1.01. The summed E-state index contributed by atoms with van der Waals surface area (Å²) in [5.41, 5.74) is 9.97. The molecule has 64 valence electrons. The molecule has 0 unspecified atom stereocenters. The first-order chi connectivity index (χ1) is 4.66. The van der Waals surface area contributed by atoms with Gasteiger partial charge in [-0.15, -0.1) is 19.0 Å². The molecule has 0 saturated carbocycles. The molecule has 0 fully saturated rings. The first-order valence-electron chi connectivity index (χ1n) is 2.69. The first kappa shape index (κ1) is 12.4. The van der Waals surface area contributed by atoms with Gasteiger partial charge in [0.1, 0.15) is 0 Å². The van der Waals surface area contributed by atoms with E-state index in [1.165, 1.54) is 0 Å². The topological polar surface area (TPSA) is 100 Å². The molecule has 11 heavy (non-hydrogen) atoms. The molecule has 0 atom stereocenters. The van der Waals surface area contributed by atoms with Crippen LogP contribution in [0.15, 0.2) is 17.6 Å². The van der Waals surface area contributed by atoms with Crippen molar-refractivity contribution in [3.05, 3.63) is 12.7 Å². The number of hydrogen-bond donors (Lipinski definition) is 4. The Balaban J connectivity index is 0. The number of nitrogens with zero attached hydrogens (tertiary/aromatic N) is 1. The van der Waals surface area contributed by atoms with Crippen LogP contribution in [-0.4, -0.2) is 18.5 Å². The van der Waals surface area contributed by atoms with Crippen molar-refractivity contribution in [3.63, 3.8) is 0 Å². The minimum absolute atomic E-state index is 0. The molecule has 0 aliphatic carbocycles. The quantitative estimate of drug-likeness (QED) is 0.257. The Labute approximate surface area is 71.5 Å². The number of guanidine groups is 2. The summed E-state index contributed by atoms with van der Waals surface area (Å²) in [7, 11) is 0. The Morgan fingerprint density at radius 3 is 2.55 bits per heavy atom. The minimum atomic E-state index is -0.124. The molecule has 5 nitrogen and oxygen atoms in total. The monoisotopic (exact) mass is 177 g/mol. The number of halogens is 1. The number of nitrogens with two attached hydrogens (primary N) is 2. The normalized spacial score (nSPS) is 7.27. The van der Waals surface area contributed by atoms with Gasteiger partial charge in [0.05, 0.1) is 0 Å². The average molecular weight is 178 g/mol. The van der Waals surface area contributed by atoms with Gasteiger partial charge < -0.3 is 16.8 Å². The van der Waals surface area contributed by atoms with E-state index in [9.17, 15) is 0 Å². The highest BCUT2D eigenvalue weighted by Gasteiger charge is 1.87. The molecule has 0 saturated heterocycles. The van der Waals surface area contributed by atoms with Gasteiger partial charge in [-0.2, -0.15) is 4.99 Å². The molecule has 6 heteroatoms. The molecule has 0 aromatic rings. The third-order valence-corrected chi connectivity index (χ3v) is 0.655. The van der Waals surface area contributed by atoms with E-state index in [-0.39, 0.29) is 24.3 Å². The molecule has 0 radical (unpaired) electrons. The SMILES string of the molecule is C=CCNC(=N)N=C(N)N.Cl. The molecule has 0 rings (SSSR count). The van der Waals surface area contributed by atoms with Gasteiger partial charge in [0.25, 0.3) is 0 Å². The summed E-state index contributed by atoms with van der Waals surface area (Å²) < 4.78 is 0. The summed E-state index contributed by atoms with van der Waals surface area (Å²) in [6.45, 7) is 3.92. The third-order valence-electron chi connectivity index (χ3n) is 0.655. The van der Waals surface area contributed by atoms with Crippen LogP contribution in [0.4, 0.5) is 0 Å². The van der Waals surface area contributed by atoms with E-state index in [1.807, 2.05) is 0 Å². The molecule has 0 aliphatic rings. The predicted octanol–water partition coefficient (Wildman–Crippen LogP) is -0.608. The standard InChI is InChI=1S/C5H11N5.ClH/c1-2-3-9-5(8)10-4(6)7;/h2H,1,3H2,(H6,6,7,8,9,10);1H. The average Bonchev–Trinajstić information content (AvgIpc) is 1.82. The summed E-state index contributed by atoms with van der Waals surface area (Å²) in [5.74, 6) is -0.179. The Morgan fingerprint density at radius 2 is 2.18 bits per heavy atom. The van der Waals surface area contributed by atoms with E-state index in [0.29, 0.717) is 6.54 Å². The van der Waals surface area contributed by atoms with Crippen LogP contribution in [0.3, 0.4) is 0 Å². The van der Waals surface area contributed by atoms with Crippen LogP contribution in [0.25, 0.3) is 0 Å². The van der Waals surface area contributed by atoms with Gasteiger partial charge in [0.15, 0.2) is 5.96 Å². The first-order valence-corrected chi connectivity index (χ1v) is 2.69. The summed E-state index contributed by atoms with van der Waals surface area (Å²) in [6.07, 6.45) is 1.61. The highest BCUT2D eigenvalue weighted by Crippen LogP contribution is 1.68. The van der Waals surface area contributed by atoms with E-state index in [0.717, 1.165) is 0 Å². The zero-order chi connectivity index (χ0) is 7.98. The second-order valence-electron chi connectivity index (χ2n) is 1.55. The van der Waals surface area contributed by atoms with Gasteiger partial charge >= 0.3 is 0 Å². The van der Waals surface area contributed by atoms with Crippen LogP contribution in [0.2, 0.25) is 0 Å². The second-order valence-corrected chi connectivity index (χ2v) is 1.55. The zero-order valence-electron chi connectivity index (χ0n) is 6.00. The highest BCUT2D eigenvalue weighted by molar-refractivity contribution is 5.91. The Hall–Kier alpha value is -1.23. The Bertz CT molecular complexity index is 160. The fourth-order valence-corrected chi connectivity index (χ4v) is 0.337. The lowest BCUT2D eigenvalue weighted by Crippen LogP contribution is -2.29. The fraction of sp³-hybridized carbons (Fsp3) is 0.200. The van der Waals surface area contributed by atoms with Crippen molar-refractivity contribution in [3.8, 4) is 0 Å². The Kier molecular flexibility index (Phi) is 7.79. The smallest absolute Gasteiger partial charge is 0.218 e. The van der Waals surface area contributed by atoms with Crippen LogP contribution in [-0.2, 0) is 0 Å². The van der Waals surface area contributed by atoms with Crippen molar-refractivity contribution in [1.29, 1.82) is 5.41 Å². The molecule has 0 heterocycles. The van der Waals surface area contributed by atoms with Crippen molar-refractivity contribution in [2.75, 3.05) is 6.54 Å². The van der Waals surface area contributed by atoms with Crippen molar-refractivity contribution in [2.24, 2.45) is 16.5 Å². The molecule has 6 N–H and O–H groups in total. The maximum absolute atomic E-state index is 7.02. The molecule has 0 bridgehead atoms. The van der Waals surface area contributed by atoms with Crippen molar-refractivity contribution >= 4 is 24.3 Å². The van der Waals surface area contributed by atoms with Gasteiger partial charge in [-0.1, -0.05) is 6.08 Å². The van der Waals surface area contributed by atoms with Crippen molar-refractivity contribution in [1.82, 2.24) is 5.32 Å². The van der Waals surface area contributed by atoms with Crippen molar-refractivity contribution in [2.45, 2.75) is 0 Å². The number of aliphatic imine (C=N–C) groups is 1. The van der Waals surface area contributed by atoms with Crippen molar-refractivity contribution < 1.29 is 0 Å². The zero-order valence-corrected chi connectivity index (χ0v) is 6.82. The van der Waals surface area contributed by atoms with Crippen LogP contribution >= 0.6 is 12.4 Å². The predicted molar refractivity (Wildman–Crippen MR) is 49.0 cm³/mol. The second kappa shape index (κ2) is 6.88. The van der Waals surface area contributed by atoms with E-state index in [2.05, 4.69) is 16.9 Å². The van der Waals surface area contributed by atoms with E-state index in [4.69, 9.17) is 16.9 Å². The summed E-state index contributed by atoms with van der Waals surface area (Å²) >= 11 is 0. The van der Waals surface area contributed by atoms with Gasteiger partial charge in [-0.05, 0) is 0 Å². The number of rotatable bonds is 2. The molecule has 0 aliphatic heterocycles. The number of hydrogen-bond acceptors (Lipinski definition) is 1. The summed E-state index contributed by atoms with van der Waals surface area (Å²) in [5, 5.41) is 9.60. The minimum Gasteiger partial charge on any atom is -0.370 e. The maximum Gasteiger partial charge on any atom is 0.218 e.